The quantitative estimate of drug-likeness (QED) is 0.287. The second-order valence-electron chi connectivity index (χ2n) is 8.64. The summed E-state index contributed by atoms with van der Waals surface area (Å²) in [5.74, 6) is 1.28. The van der Waals surface area contributed by atoms with E-state index in [0.29, 0.717) is 18.9 Å². The number of aryl methyl sites for hydroxylation is 2. The lowest BCUT2D eigenvalue weighted by Gasteiger charge is -2.12. The normalized spacial score (nSPS) is 11.5. The van der Waals surface area contributed by atoms with Crippen LogP contribution in [-0.2, 0) is 11.3 Å². The first kappa shape index (κ1) is 24.1. The number of carbonyl (C=O) groups is 1. The number of methoxy groups -OCH3 is 1. The van der Waals surface area contributed by atoms with Gasteiger partial charge in [0, 0.05) is 35.2 Å². The lowest BCUT2D eigenvalue weighted by atomic mass is 9.96. The van der Waals surface area contributed by atoms with Crippen LogP contribution in [0.2, 0.25) is 0 Å². The number of benzene rings is 3. The summed E-state index contributed by atoms with van der Waals surface area (Å²) in [7, 11) is 1.63. The van der Waals surface area contributed by atoms with Crippen molar-refractivity contribution in [2.45, 2.75) is 34.2 Å². The average Bonchev–Trinajstić information content (AvgIpc) is 3.25. The van der Waals surface area contributed by atoms with Gasteiger partial charge in [-0.2, -0.15) is 0 Å². The van der Waals surface area contributed by atoms with E-state index >= 15 is 0 Å². The fourth-order valence-corrected chi connectivity index (χ4v) is 4.26. The largest absolute Gasteiger partial charge is 0.497 e. The predicted molar refractivity (Wildman–Crippen MR) is 141 cm³/mol. The Balaban J connectivity index is 1.65. The Morgan fingerprint density at radius 2 is 1.89 bits per heavy atom. The van der Waals surface area contributed by atoms with Crippen LogP contribution < -0.4 is 14.8 Å². The Morgan fingerprint density at radius 3 is 2.63 bits per heavy atom. The smallest absolute Gasteiger partial charge is 0.244 e. The molecule has 0 aliphatic rings. The molecule has 1 N–H and O–H groups in total. The molecule has 180 valence electrons. The number of hydrogen-bond acceptors (Lipinski definition) is 4. The third-order valence-corrected chi connectivity index (χ3v) is 6.02. The second kappa shape index (κ2) is 10.5. The van der Waals surface area contributed by atoms with E-state index in [9.17, 15) is 4.79 Å². The highest BCUT2D eigenvalue weighted by Gasteiger charge is 2.16. The Bertz CT molecular complexity index is 1400. The second-order valence-corrected chi connectivity index (χ2v) is 8.64. The van der Waals surface area contributed by atoms with Gasteiger partial charge in [-0.25, -0.2) is 0 Å². The van der Waals surface area contributed by atoms with Crippen molar-refractivity contribution in [3.63, 3.8) is 0 Å². The van der Waals surface area contributed by atoms with Crippen molar-refractivity contribution in [2.24, 2.45) is 0 Å². The van der Waals surface area contributed by atoms with Crippen molar-refractivity contribution in [2.75, 3.05) is 13.7 Å². The molecule has 3 aromatic carbocycles. The summed E-state index contributed by atoms with van der Waals surface area (Å²) in [6.07, 6.45) is 3.41. The number of allylic oxidation sites excluding steroid dienone is 1. The molecule has 0 spiro atoms. The minimum Gasteiger partial charge on any atom is -0.497 e. The minimum absolute atomic E-state index is 0.172. The highest BCUT2D eigenvalue weighted by molar-refractivity contribution is 6.00. The molecule has 4 rings (SSSR count). The van der Waals surface area contributed by atoms with Crippen molar-refractivity contribution in [3.05, 3.63) is 89.2 Å². The Labute approximate surface area is 206 Å². The summed E-state index contributed by atoms with van der Waals surface area (Å²) in [5.41, 5.74) is 7.96. The van der Waals surface area contributed by atoms with E-state index in [1.807, 2.05) is 44.2 Å². The van der Waals surface area contributed by atoms with Crippen LogP contribution in [0.25, 0.3) is 27.7 Å². The van der Waals surface area contributed by atoms with Crippen LogP contribution in [0.15, 0.2) is 71.4 Å². The van der Waals surface area contributed by atoms with Gasteiger partial charge >= 0.3 is 0 Å². The summed E-state index contributed by atoms with van der Waals surface area (Å²) in [6, 6.07) is 18.0. The molecule has 0 bridgehead atoms. The molecular weight excluding hydrogens is 438 g/mol. The third-order valence-electron chi connectivity index (χ3n) is 6.02. The van der Waals surface area contributed by atoms with Gasteiger partial charge in [0.25, 0.3) is 0 Å². The molecule has 0 saturated carbocycles. The maximum absolute atomic E-state index is 12.7. The van der Waals surface area contributed by atoms with E-state index in [1.165, 1.54) is 11.1 Å². The van der Waals surface area contributed by atoms with Crippen molar-refractivity contribution < 1.29 is 18.7 Å². The van der Waals surface area contributed by atoms with Gasteiger partial charge in [-0.1, -0.05) is 35.9 Å². The molecule has 35 heavy (non-hydrogen) atoms. The topological polar surface area (TPSA) is 60.7 Å². The molecule has 1 heterocycles. The molecule has 0 aliphatic heterocycles. The number of ether oxygens (including phenoxy) is 2. The van der Waals surface area contributed by atoms with E-state index < -0.39 is 0 Å². The lowest BCUT2D eigenvalue weighted by Crippen LogP contribution is -2.20. The van der Waals surface area contributed by atoms with Crippen LogP contribution in [0.3, 0.4) is 0 Å². The van der Waals surface area contributed by atoms with E-state index in [-0.39, 0.29) is 5.91 Å². The zero-order valence-corrected chi connectivity index (χ0v) is 20.9. The van der Waals surface area contributed by atoms with Gasteiger partial charge < -0.3 is 19.2 Å². The van der Waals surface area contributed by atoms with Gasteiger partial charge in [0.2, 0.25) is 5.91 Å². The highest BCUT2D eigenvalue weighted by Crippen LogP contribution is 2.38. The minimum atomic E-state index is -0.172. The molecule has 0 fully saturated rings. The van der Waals surface area contributed by atoms with Crippen LogP contribution in [0, 0.1) is 13.8 Å². The maximum Gasteiger partial charge on any atom is 0.244 e. The number of hydrogen-bond donors (Lipinski definition) is 1. The number of fused-ring (bicyclic) bond motifs is 1. The van der Waals surface area contributed by atoms with Gasteiger partial charge in [-0.3, -0.25) is 4.79 Å². The highest BCUT2D eigenvalue weighted by atomic mass is 16.5. The van der Waals surface area contributed by atoms with Gasteiger partial charge in [0.05, 0.1) is 20.0 Å². The zero-order valence-electron chi connectivity index (χ0n) is 20.9. The lowest BCUT2D eigenvalue weighted by molar-refractivity contribution is -0.116. The molecule has 0 unspecified atom stereocenters. The Hall–Kier alpha value is -3.99. The monoisotopic (exact) mass is 469 g/mol. The van der Waals surface area contributed by atoms with Crippen LogP contribution in [0.1, 0.15) is 36.1 Å². The molecule has 0 saturated heterocycles. The third kappa shape index (κ3) is 5.40. The van der Waals surface area contributed by atoms with Gasteiger partial charge in [-0.15, -0.1) is 0 Å². The van der Waals surface area contributed by atoms with Gasteiger partial charge in [0.1, 0.15) is 17.1 Å². The average molecular weight is 470 g/mol. The summed E-state index contributed by atoms with van der Waals surface area (Å²) in [6.45, 7) is 8.98. The van der Waals surface area contributed by atoms with Gasteiger partial charge in [-0.05, 0) is 68.2 Å². The van der Waals surface area contributed by atoms with Crippen molar-refractivity contribution in [3.8, 4) is 22.6 Å². The van der Waals surface area contributed by atoms with E-state index in [2.05, 4.69) is 43.4 Å². The van der Waals surface area contributed by atoms with Crippen molar-refractivity contribution in [1.29, 1.82) is 0 Å². The number of nitrogens with one attached hydrogen (secondary N) is 1. The fourth-order valence-electron chi connectivity index (χ4n) is 4.26. The number of rotatable bonds is 8. The Morgan fingerprint density at radius 1 is 1.06 bits per heavy atom. The molecular formula is C30H31NO4. The summed E-state index contributed by atoms with van der Waals surface area (Å²) in [5, 5.41) is 3.94. The standard InChI is InChI=1S/C30H31NO4/c1-6-34-28-16-29-26(27(18-35-29)24-11-10-19(2)12-20(24)3)15-25(28)21(4)13-30(32)31-17-22-8-7-9-23(14-22)33-5/h7-16,18H,6,17H2,1-5H3,(H,31,32)/b21-13+. The SMILES string of the molecule is CCOc1cc2occ(-c3ccc(C)cc3C)c2cc1/C(C)=C/C(=O)NCc1cccc(OC)c1. The molecule has 0 aliphatic carbocycles. The summed E-state index contributed by atoms with van der Waals surface area (Å²) < 4.78 is 17.1. The number of carbonyl (C=O) groups excluding carboxylic acids is 1. The van der Waals surface area contributed by atoms with Crippen LogP contribution in [-0.4, -0.2) is 19.6 Å². The molecule has 4 aromatic rings. The van der Waals surface area contributed by atoms with Crippen LogP contribution >= 0.6 is 0 Å². The first-order chi connectivity index (χ1) is 16.9. The number of amides is 1. The van der Waals surface area contributed by atoms with Crippen LogP contribution in [0.5, 0.6) is 11.5 Å². The van der Waals surface area contributed by atoms with Crippen molar-refractivity contribution in [1.82, 2.24) is 5.32 Å². The Kier molecular flexibility index (Phi) is 7.25. The first-order valence-corrected chi connectivity index (χ1v) is 11.7. The van der Waals surface area contributed by atoms with E-state index in [0.717, 1.165) is 44.5 Å². The molecule has 0 atom stereocenters. The summed E-state index contributed by atoms with van der Waals surface area (Å²) in [4.78, 5) is 12.7. The zero-order chi connectivity index (χ0) is 24.9. The van der Waals surface area contributed by atoms with E-state index in [1.54, 1.807) is 19.4 Å². The van der Waals surface area contributed by atoms with E-state index in [4.69, 9.17) is 13.9 Å². The fraction of sp³-hybridized carbons (Fsp3) is 0.233. The van der Waals surface area contributed by atoms with Crippen molar-refractivity contribution >= 4 is 22.4 Å². The molecule has 1 aromatic heterocycles. The maximum atomic E-state index is 12.7. The molecule has 5 nitrogen and oxygen atoms in total. The first-order valence-electron chi connectivity index (χ1n) is 11.7. The number of furan rings is 1. The predicted octanol–water partition coefficient (Wildman–Crippen LogP) is 6.84. The molecule has 0 radical (unpaired) electrons. The molecule has 1 amide bonds. The summed E-state index contributed by atoms with van der Waals surface area (Å²) >= 11 is 0. The van der Waals surface area contributed by atoms with Gasteiger partial charge in [0.15, 0.2) is 0 Å². The van der Waals surface area contributed by atoms with Crippen LogP contribution in [0.4, 0.5) is 0 Å². The molecule has 5 heteroatoms.